The molecule has 1 amide bonds. The number of carbonyl (C=O) groups is 1. The second-order valence-electron chi connectivity index (χ2n) is 6.57. The van der Waals surface area contributed by atoms with Crippen molar-refractivity contribution < 1.29 is 9.72 Å². The third kappa shape index (κ3) is 4.96. The lowest BCUT2D eigenvalue weighted by Gasteiger charge is -2.35. The smallest absolute Gasteiger partial charge is 0.269 e. The molecule has 3 rings (SSSR count). The van der Waals surface area contributed by atoms with Gasteiger partial charge in [-0.3, -0.25) is 19.8 Å². The van der Waals surface area contributed by atoms with Gasteiger partial charge in [0.05, 0.1) is 22.2 Å². The first kappa shape index (κ1) is 19.1. The van der Waals surface area contributed by atoms with E-state index in [1.165, 1.54) is 12.1 Å². The molecule has 0 bridgehead atoms. The van der Waals surface area contributed by atoms with Gasteiger partial charge in [0.25, 0.3) is 5.69 Å². The topological polar surface area (TPSA) is 78.7 Å². The number of amides is 1. The number of benzene rings is 2. The second-order valence-corrected chi connectivity index (χ2v) is 6.98. The Bertz CT molecular complexity index is 833. The van der Waals surface area contributed by atoms with E-state index in [1.54, 1.807) is 12.1 Å². The molecular weight excluding hydrogens is 368 g/mol. The molecule has 0 saturated carbocycles. The summed E-state index contributed by atoms with van der Waals surface area (Å²) in [5, 5.41) is 14.1. The van der Waals surface area contributed by atoms with Gasteiger partial charge in [-0.1, -0.05) is 17.7 Å². The fourth-order valence-electron chi connectivity index (χ4n) is 3.06. The number of aryl methyl sites for hydroxylation is 1. The van der Waals surface area contributed by atoms with E-state index in [4.69, 9.17) is 11.6 Å². The number of halogens is 1. The maximum atomic E-state index is 12.3. The molecule has 27 heavy (non-hydrogen) atoms. The van der Waals surface area contributed by atoms with E-state index >= 15 is 0 Å². The third-order valence-electron chi connectivity index (χ3n) is 4.56. The van der Waals surface area contributed by atoms with Crippen LogP contribution < -0.4 is 10.2 Å². The molecule has 2 aromatic carbocycles. The monoisotopic (exact) mass is 388 g/mol. The summed E-state index contributed by atoms with van der Waals surface area (Å²) in [6.07, 6.45) is 0. The van der Waals surface area contributed by atoms with Crippen LogP contribution in [0.15, 0.2) is 42.5 Å². The van der Waals surface area contributed by atoms with Crippen LogP contribution in [0, 0.1) is 17.0 Å². The van der Waals surface area contributed by atoms with Crippen LogP contribution in [-0.4, -0.2) is 48.5 Å². The van der Waals surface area contributed by atoms with Crippen LogP contribution in [0.1, 0.15) is 5.56 Å². The molecule has 0 radical (unpaired) electrons. The zero-order valence-corrected chi connectivity index (χ0v) is 15.8. The van der Waals surface area contributed by atoms with Crippen LogP contribution in [0.4, 0.5) is 17.1 Å². The summed E-state index contributed by atoms with van der Waals surface area (Å²) in [7, 11) is 0. The van der Waals surface area contributed by atoms with Crippen molar-refractivity contribution >= 4 is 34.6 Å². The van der Waals surface area contributed by atoms with Crippen molar-refractivity contribution in [3.8, 4) is 0 Å². The second kappa shape index (κ2) is 8.37. The standard InChI is InChI=1S/C19H21ClN4O3/c1-14-2-7-18(17(20)12-14)21-19(25)13-22-8-10-23(11-9-22)15-3-5-16(6-4-15)24(26)27/h2-7,12H,8-11,13H2,1H3,(H,21,25). The highest BCUT2D eigenvalue weighted by Crippen LogP contribution is 2.23. The van der Waals surface area contributed by atoms with E-state index in [0.717, 1.165) is 37.4 Å². The maximum absolute atomic E-state index is 12.3. The van der Waals surface area contributed by atoms with E-state index in [9.17, 15) is 14.9 Å². The van der Waals surface area contributed by atoms with Crippen molar-refractivity contribution in [3.63, 3.8) is 0 Å². The normalized spacial score (nSPS) is 14.8. The van der Waals surface area contributed by atoms with Crippen molar-refractivity contribution in [1.29, 1.82) is 0 Å². The van der Waals surface area contributed by atoms with Gasteiger partial charge in [0.2, 0.25) is 5.91 Å². The van der Waals surface area contributed by atoms with Gasteiger partial charge < -0.3 is 10.2 Å². The zero-order valence-electron chi connectivity index (χ0n) is 15.0. The highest BCUT2D eigenvalue weighted by molar-refractivity contribution is 6.33. The summed E-state index contributed by atoms with van der Waals surface area (Å²) in [5.74, 6) is -0.0930. The molecule has 8 heteroatoms. The number of non-ortho nitro benzene ring substituents is 1. The van der Waals surface area contributed by atoms with Crippen molar-refractivity contribution in [2.45, 2.75) is 6.92 Å². The SMILES string of the molecule is Cc1ccc(NC(=O)CN2CCN(c3ccc([N+](=O)[O-])cc3)CC2)c(Cl)c1. The van der Waals surface area contributed by atoms with Gasteiger partial charge in [-0.05, 0) is 36.8 Å². The Morgan fingerprint density at radius 2 is 1.81 bits per heavy atom. The van der Waals surface area contributed by atoms with Crippen molar-refractivity contribution in [1.82, 2.24) is 4.90 Å². The molecule has 142 valence electrons. The summed E-state index contributed by atoms with van der Waals surface area (Å²) < 4.78 is 0. The number of hydrogen-bond acceptors (Lipinski definition) is 5. The number of carbonyl (C=O) groups excluding carboxylic acids is 1. The third-order valence-corrected chi connectivity index (χ3v) is 4.88. The predicted molar refractivity (Wildman–Crippen MR) is 107 cm³/mol. The molecule has 0 atom stereocenters. The predicted octanol–water partition coefficient (Wildman–Crippen LogP) is 3.32. The van der Waals surface area contributed by atoms with E-state index in [0.29, 0.717) is 17.3 Å². The van der Waals surface area contributed by atoms with Gasteiger partial charge in [0, 0.05) is 44.0 Å². The molecule has 2 aromatic rings. The lowest BCUT2D eigenvalue weighted by atomic mass is 10.2. The molecule has 0 aromatic heterocycles. The van der Waals surface area contributed by atoms with Crippen LogP contribution in [0.3, 0.4) is 0 Å². The molecule has 0 aliphatic carbocycles. The molecule has 1 N–H and O–H groups in total. The number of nitro groups is 1. The molecule has 0 unspecified atom stereocenters. The van der Waals surface area contributed by atoms with Crippen molar-refractivity contribution in [2.75, 3.05) is 42.9 Å². The first-order chi connectivity index (χ1) is 12.9. The van der Waals surface area contributed by atoms with Crippen LogP contribution in [0.2, 0.25) is 5.02 Å². The highest BCUT2D eigenvalue weighted by Gasteiger charge is 2.20. The number of anilines is 2. The van der Waals surface area contributed by atoms with E-state index in [1.807, 2.05) is 25.1 Å². The number of nitrogens with zero attached hydrogens (tertiary/aromatic N) is 3. The number of nitro benzene ring substituents is 1. The number of nitrogens with one attached hydrogen (secondary N) is 1. The Labute approximate surface area is 162 Å². The van der Waals surface area contributed by atoms with Crippen LogP contribution in [0.5, 0.6) is 0 Å². The number of hydrogen-bond donors (Lipinski definition) is 1. The summed E-state index contributed by atoms with van der Waals surface area (Å²) in [5.41, 5.74) is 2.71. The quantitative estimate of drug-likeness (QED) is 0.628. The molecule has 1 heterocycles. The Balaban J connectivity index is 1.50. The molecule has 1 aliphatic heterocycles. The molecule has 0 spiro atoms. The van der Waals surface area contributed by atoms with E-state index in [2.05, 4.69) is 15.1 Å². The molecule has 7 nitrogen and oxygen atoms in total. The first-order valence-electron chi connectivity index (χ1n) is 8.70. The number of piperazine rings is 1. The van der Waals surface area contributed by atoms with Gasteiger partial charge in [-0.15, -0.1) is 0 Å². The Kier molecular flexibility index (Phi) is 5.93. The minimum Gasteiger partial charge on any atom is -0.369 e. The fourth-order valence-corrected chi connectivity index (χ4v) is 3.35. The summed E-state index contributed by atoms with van der Waals surface area (Å²) in [6.45, 7) is 5.26. The average Bonchev–Trinajstić information content (AvgIpc) is 2.65. The van der Waals surface area contributed by atoms with E-state index < -0.39 is 4.92 Å². The lowest BCUT2D eigenvalue weighted by molar-refractivity contribution is -0.384. The molecule has 1 saturated heterocycles. The number of rotatable bonds is 5. The Morgan fingerprint density at radius 1 is 1.15 bits per heavy atom. The van der Waals surface area contributed by atoms with Gasteiger partial charge in [-0.25, -0.2) is 0 Å². The minimum atomic E-state index is -0.402. The van der Waals surface area contributed by atoms with Crippen LogP contribution in [-0.2, 0) is 4.79 Å². The Morgan fingerprint density at radius 3 is 2.41 bits per heavy atom. The summed E-state index contributed by atoms with van der Waals surface area (Å²) >= 11 is 6.16. The van der Waals surface area contributed by atoms with Gasteiger partial charge in [-0.2, -0.15) is 0 Å². The average molecular weight is 389 g/mol. The zero-order chi connectivity index (χ0) is 19.4. The lowest BCUT2D eigenvalue weighted by Crippen LogP contribution is -2.48. The summed E-state index contributed by atoms with van der Waals surface area (Å²) in [6, 6.07) is 12.1. The largest absolute Gasteiger partial charge is 0.369 e. The molecule has 1 fully saturated rings. The highest BCUT2D eigenvalue weighted by atomic mass is 35.5. The van der Waals surface area contributed by atoms with Gasteiger partial charge in [0.15, 0.2) is 0 Å². The van der Waals surface area contributed by atoms with Gasteiger partial charge >= 0.3 is 0 Å². The molecule has 1 aliphatic rings. The van der Waals surface area contributed by atoms with Crippen molar-refractivity contribution in [2.24, 2.45) is 0 Å². The van der Waals surface area contributed by atoms with Crippen molar-refractivity contribution in [3.05, 3.63) is 63.2 Å². The van der Waals surface area contributed by atoms with Gasteiger partial charge in [0.1, 0.15) is 0 Å². The summed E-state index contributed by atoms with van der Waals surface area (Å²) in [4.78, 5) is 26.9. The first-order valence-corrected chi connectivity index (χ1v) is 9.08. The van der Waals surface area contributed by atoms with E-state index in [-0.39, 0.29) is 11.6 Å². The maximum Gasteiger partial charge on any atom is 0.269 e. The molecular formula is C19H21ClN4O3. The minimum absolute atomic E-state index is 0.0869. The Hall–Kier alpha value is -2.64. The van der Waals surface area contributed by atoms with Crippen LogP contribution in [0.25, 0.3) is 0 Å². The fraction of sp³-hybridized carbons (Fsp3) is 0.316. The van der Waals surface area contributed by atoms with Crippen LogP contribution >= 0.6 is 11.6 Å².